The zero-order valence-electron chi connectivity index (χ0n) is 9.30. The Hall–Kier alpha value is -0.120. The zero-order valence-corrected chi connectivity index (χ0v) is 9.30. The zero-order chi connectivity index (χ0) is 10.5. The fourth-order valence-corrected chi connectivity index (χ4v) is 0.848. The van der Waals surface area contributed by atoms with Crippen LogP contribution in [0.4, 0.5) is 0 Å². The fourth-order valence-electron chi connectivity index (χ4n) is 0.848. The standard InChI is InChI=1S/C10H24N2O/c1-8(2)10(3,4)7-12-6-9(13)5-11/h8-9,12-13H,5-7,11H2,1-4H3. The lowest BCUT2D eigenvalue weighted by atomic mass is 9.81. The highest BCUT2D eigenvalue weighted by molar-refractivity contribution is 4.75. The van der Waals surface area contributed by atoms with Gasteiger partial charge in [-0.3, -0.25) is 0 Å². The third-order valence-corrected chi connectivity index (χ3v) is 2.80. The maximum atomic E-state index is 9.21. The molecule has 3 nitrogen and oxygen atoms in total. The van der Waals surface area contributed by atoms with Crippen LogP contribution in [0, 0.1) is 11.3 Å². The molecule has 3 heteroatoms. The lowest BCUT2D eigenvalue weighted by Crippen LogP contribution is -2.39. The van der Waals surface area contributed by atoms with E-state index in [1.807, 2.05) is 0 Å². The molecule has 0 saturated carbocycles. The van der Waals surface area contributed by atoms with E-state index in [1.165, 1.54) is 0 Å². The molecule has 0 heterocycles. The number of rotatable bonds is 6. The van der Waals surface area contributed by atoms with Crippen LogP contribution < -0.4 is 11.1 Å². The highest BCUT2D eigenvalue weighted by atomic mass is 16.3. The van der Waals surface area contributed by atoms with E-state index in [-0.39, 0.29) is 5.41 Å². The third kappa shape index (κ3) is 5.24. The Morgan fingerprint density at radius 1 is 1.38 bits per heavy atom. The van der Waals surface area contributed by atoms with E-state index in [9.17, 15) is 5.11 Å². The van der Waals surface area contributed by atoms with E-state index in [0.717, 1.165) is 6.54 Å². The smallest absolute Gasteiger partial charge is 0.0786 e. The van der Waals surface area contributed by atoms with Gasteiger partial charge in [-0.05, 0) is 11.3 Å². The minimum Gasteiger partial charge on any atom is -0.390 e. The highest BCUT2D eigenvalue weighted by Crippen LogP contribution is 2.24. The number of aliphatic hydroxyl groups excluding tert-OH is 1. The summed E-state index contributed by atoms with van der Waals surface area (Å²) in [6, 6.07) is 0. The molecule has 13 heavy (non-hydrogen) atoms. The maximum Gasteiger partial charge on any atom is 0.0786 e. The number of hydrogen-bond donors (Lipinski definition) is 3. The van der Waals surface area contributed by atoms with Crippen molar-refractivity contribution in [2.45, 2.75) is 33.8 Å². The first-order chi connectivity index (χ1) is 5.90. The van der Waals surface area contributed by atoms with Gasteiger partial charge in [-0.1, -0.05) is 27.7 Å². The molecule has 0 aliphatic carbocycles. The second kappa shape index (κ2) is 5.58. The van der Waals surface area contributed by atoms with Crippen molar-refractivity contribution >= 4 is 0 Å². The molecule has 0 rings (SSSR count). The quantitative estimate of drug-likeness (QED) is 0.571. The Kier molecular flexibility index (Phi) is 5.53. The van der Waals surface area contributed by atoms with Gasteiger partial charge in [0.1, 0.15) is 0 Å². The topological polar surface area (TPSA) is 58.3 Å². The lowest BCUT2D eigenvalue weighted by molar-refractivity contribution is 0.165. The SMILES string of the molecule is CC(C)C(C)(C)CNCC(O)CN. The van der Waals surface area contributed by atoms with Gasteiger partial charge in [0, 0.05) is 19.6 Å². The Labute approximate surface area is 81.7 Å². The average Bonchev–Trinajstić information content (AvgIpc) is 2.03. The first kappa shape index (κ1) is 12.9. The summed E-state index contributed by atoms with van der Waals surface area (Å²) in [6.07, 6.45) is -0.414. The second-order valence-electron chi connectivity index (χ2n) is 4.66. The molecule has 0 aromatic rings. The van der Waals surface area contributed by atoms with Crippen LogP contribution in [0.15, 0.2) is 0 Å². The molecule has 1 unspecified atom stereocenters. The first-order valence-electron chi connectivity index (χ1n) is 4.99. The van der Waals surface area contributed by atoms with Gasteiger partial charge in [-0.2, -0.15) is 0 Å². The number of aliphatic hydroxyl groups is 1. The van der Waals surface area contributed by atoms with E-state index in [4.69, 9.17) is 5.73 Å². The van der Waals surface area contributed by atoms with Crippen LogP contribution in [0.5, 0.6) is 0 Å². The summed E-state index contributed by atoms with van der Waals surface area (Å²) < 4.78 is 0. The van der Waals surface area contributed by atoms with Gasteiger partial charge in [-0.25, -0.2) is 0 Å². The van der Waals surface area contributed by atoms with Crippen molar-refractivity contribution in [3.05, 3.63) is 0 Å². The van der Waals surface area contributed by atoms with Crippen LogP contribution in [0.3, 0.4) is 0 Å². The molecule has 0 aliphatic rings. The summed E-state index contributed by atoms with van der Waals surface area (Å²) in [5.41, 5.74) is 5.56. The molecule has 0 amide bonds. The van der Waals surface area contributed by atoms with Gasteiger partial charge in [-0.15, -0.1) is 0 Å². The summed E-state index contributed by atoms with van der Waals surface area (Å²) in [4.78, 5) is 0. The predicted octanol–water partition coefficient (Wildman–Crippen LogP) is 0.578. The molecular formula is C10H24N2O. The minimum atomic E-state index is -0.414. The molecule has 0 aromatic carbocycles. The molecule has 0 bridgehead atoms. The molecule has 0 aliphatic heterocycles. The highest BCUT2D eigenvalue weighted by Gasteiger charge is 2.21. The summed E-state index contributed by atoms with van der Waals surface area (Å²) in [5.74, 6) is 0.634. The molecule has 4 N–H and O–H groups in total. The van der Waals surface area contributed by atoms with Crippen molar-refractivity contribution in [3.8, 4) is 0 Å². The van der Waals surface area contributed by atoms with Gasteiger partial charge in [0.25, 0.3) is 0 Å². The average molecular weight is 188 g/mol. The molecular weight excluding hydrogens is 164 g/mol. The minimum absolute atomic E-state index is 0.272. The van der Waals surface area contributed by atoms with E-state index in [1.54, 1.807) is 0 Å². The van der Waals surface area contributed by atoms with E-state index in [0.29, 0.717) is 19.0 Å². The molecule has 0 aromatic heterocycles. The maximum absolute atomic E-state index is 9.21. The largest absolute Gasteiger partial charge is 0.390 e. The van der Waals surface area contributed by atoms with Crippen LogP contribution in [0.1, 0.15) is 27.7 Å². The van der Waals surface area contributed by atoms with Crippen LogP contribution in [-0.4, -0.2) is 30.8 Å². The Morgan fingerprint density at radius 3 is 2.31 bits per heavy atom. The summed E-state index contributed by atoms with van der Waals surface area (Å²) in [6.45, 7) is 10.7. The van der Waals surface area contributed by atoms with Crippen molar-refractivity contribution in [3.63, 3.8) is 0 Å². The van der Waals surface area contributed by atoms with Crippen molar-refractivity contribution in [2.24, 2.45) is 17.1 Å². The lowest BCUT2D eigenvalue weighted by Gasteiger charge is -2.29. The van der Waals surface area contributed by atoms with Crippen LogP contribution in [0.25, 0.3) is 0 Å². The molecule has 0 radical (unpaired) electrons. The van der Waals surface area contributed by atoms with Crippen LogP contribution in [-0.2, 0) is 0 Å². The fraction of sp³-hybridized carbons (Fsp3) is 1.00. The number of nitrogens with two attached hydrogens (primary N) is 1. The van der Waals surface area contributed by atoms with Crippen LogP contribution in [0.2, 0.25) is 0 Å². The normalized spacial score (nSPS) is 15.0. The summed E-state index contributed by atoms with van der Waals surface area (Å²) in [5, 5.41) is 12.4. The van der Waals surface area contributed by atoms with Gasteiger partial charge in [0.2, 0.25) is 0 Å². The molecule has 1 atom stereocenters. The van der Waals surface area contributed by atoms with E-state index < -0.39 is 6.10 Å². The number of hydrogen-bond acceptors (Lipinski definition) is 3. The van der Waals surface area contributed by atoms with E-state index >= 15 is 0 Å². The van der Waals surface area contributed by atoms with Crippen molar-refractivity contribution in [1.29, 1.82) is 0 Å². The third-order valence-electron chi connectivity index (χ3n) is 2.80. The number of nitrogens with one attached hydrogen (secondary N) is 1. The van der Waals surface area contributed by atoms with E-state index in [2.05, 4.69) is 33.0 Å². The van der Waals surface area contributed by atoms with Gasteiger partial charge < -0.3 is 16.2 Å². The van der Waals surface area contributed by atoms with Crippen molar-refractivity contribution in [2.75, 3.05) is 19.6 Å². The van der Waals surface area contributed by atoms with Crippen molar-refractivity contribution in [1.82, 2.24) is 5.32 Å². The first-order valence-corrected chi connectivity index (χ1v) is 4.99. The molecule has 80 valence electrons. The van der Waals surface area contributed by atoms with Crippen molar-refractivity contribution < 1.29 is 5.11 Å². The Balaban J connectivity index is 3.63. The summed E-state index contributed by atoms with van der Waals surface area (Å²) >= 11 is 0. The molecule has 0 saturated heterocycles. The van der Waals surface area contributed by atoms with Gasteiger partial charge in [0.15, 0.2) is 0 Å². The Morgan fingerprint density at radius 2 is 1.92 bits per heavy atom. The molecule has 0 spiro atoms. The molecule has 0 fully saturated rings. The van der Waals surface area contributed by atoms with Gasteiger partial charge >= 0.3 is 0 Å². The van der Waals surface area contributed by atoms with Gasteiger partial charge in [0.05, 0.1) is 6.10 Å². The monoisotopic (exact) mass is 188 g/mol. The van der Waals surface area contributed by atoms with Crippen LogP contribution >= 0.6 is 0 Å². The second-order valence-corrected chi connectivity index (χ2v) is 4.66. The predicted molar refractivity (Wildman–Crippen MR) is 56.5 cm³/mol. The Bertz CT molecular complexity index is 135. The summed E-state index contributed by atoms with van der Waals surface area (Å²) in [7, 11) is 0.